The third-order valence-electron chi connectivity index (χ3n) is 4.65. The summed E-state index contributed by atoms with van der Waals surface area (Å²) in [4.78, 5) is 0. The van der Waals surface area contributed by atoms with Gasteiger partial charge in [-0.3, -0.25) is 4.68 Å². The first-order valence-corrected chi connectivity index (χ1v) is 10.3. The molecule has 2 aromatic rings. The van der Waals surface area contributed by atoms with Crippen LogP contribution >= 0.6 is 0 Å². The molecule has 1 aromatic heterocycles. The molecule has 0 aliphatic heterocycles. The van der Waals surface area contributed by atoms with Crippen LogP contribution in [0, 0.1) is 12.8 Å². The van der Waals surface area contributed by atoms with Crippen LogP contribution in [0.1, 0.15) is 30.0 Å². The van der Waals surface area contributed by atoms with Crippen molar-refractivity contribution in [1.29, 1.82) is 0 Å². The Labute approximate surface area is 154 Å². The number of aliphatic hydroxyl groups is 1. The van der Waals surface area contributed by atoms with Gasteiger partial charge in [0.05, 0.1) is 24.1 Å². The lowest BCUT2D eigenvalue weighted by molar-refractivity contribution is 0.0280. The van der Waals surface area contributed by atoms with Crippen molar-refractivity contribution in [3.8, 4) is 5.75 Å². The van der Waals surface area contributed by atoms with E-state index in [9.17, 15) is 13.5 Å². The molecule has 3 rings (SSSR count). The maximum absolute atomic E-state index is 12.5. The number of aromatic nitrogens is 2. The number of aliphatic hydroxyl groups excluding tert-OH is 1. The Balaban J connectivity index is 1.60. The zero-order valence-electron chi connectivity index (χ0n) is 15.0. The van der Waals surface area contributed by atoms with E-state index in [4.69, 9.17) is 4.74 Å². The highest BCUT2D eigenvalue weighted by molar-refractivity contribution is 7.89. The van der Waals surface area contributed by atoms with Gasteiger partial charge < -0.3 is 9.84 Å². The minimum absolute atomic E-state index is 0.0713. The lowest BCUT2D eigenvalue weighted by atomic mass is 9.76. The Hall–Kier alpha value is -1.90. The first kappa shape index (κ1) is 18.9. The third-order valence-corrected chi connectivity index (χ3v) is 5.97. The smallest absolute Gasteiger partial charge is 0.215 e. The van der Waals surface area contributed by atoms with E-state index in [-0.39, 0.29) is 30.4 Å². The van der Waals surface area contributed by atoms with E-state index in [2.05, 4.69) is 9.82 Å². The van der Waals surface area contributed by atoms with Crippen molar-refractivity contribution in [2.45, 2.75) is 31.9 Å². The molecule has 0 radical (unpaired) electrons. The molecule has 0 bridgehead atoms. The molecule has 0 unspecified atom stereocenters. The average Bonchev–Trinajstić information content (AvgIpc) is 2.98. The van der Waals surface area contributed by atoms with Crippen molar-refractivity contribution in [1.82, 2.24) is 14.5 Å². The number of sulfonamides is 1. The summed E-state index contributed by atoms with van der Waals surface area (Å²) in [5.41, 5.74) is 1.93. The summed E-state index contributed by atoms with van der Waals surface area (Å²) in [5.74, 6) is 0.589. The van der Waals surface area contributed by atoms with E-state index < -0.39 is 10.0 Å². The molecule has 1 aromatic carbocycles. The fourth-order valence-corrected chi connectivity index (χ4v) is 4.23. The predicted octanol–water partition coefficient (Wildman–Crippen LogP) is 1.54. The van der Waals surface area contributed by atoms with Crippen molar-refractivity contribution in [3.63, 3.8) is 0 Å². The fraction of sp³-hybridized carbons (Fsp3) is 0.500. The maximum Gasteiger partial charge on any atom is 0.215 e. The predicted molar refractivity (Wildman–Crippen MR) is 98.3 cm³/mol. The van der Waals surface area contributed by atoms with Crippen molar-refractivity contribution < 1.29 is 18.3 Å². The lowest BCUT2D eigenvalue weighted by Crippen LogP contribution is -2.42. The van der Waals surface area contributed by atoms with E-state index >= 15 is 0 Å². The number of hydrogen-bond acceptors (Lipinski definition) is 5. The second kappa shape index (κ2) is 7.77. The molecule has 2 N–H and O–H groups in total. The summed E-state index contributed by atoms with van der Waals surface area (Å²) in [7, 11) is -1.74. The van der Waals surface area contributed by atoms with E-state index in [1.54, 1.807) is 24.1 Å². The minimum atomic E-state index is -3.53. The van der Waals surface area contributed by atoms with Gasteiger partial charge in [-0.1, -0.05) is 17.7 Å². The Morgan fingerprint density at radius 3 is 2.62 bits per heavy atom. The topological polar surface area (TPSA) is 93.5 Å². The zero-order valence-corrected chi connectivity index (χ0v) is 15.8. The number of hydrogen-bond donors (Lipinski definition) is 2. The highest BCUT2D eigenvalue weighted by Gasteiger charge is 2.37. The highest BCUT2D eigenvalue weighted by Crippen LogP contribution is 2.38. The van der Waals surface area contributed by atoms with Crippen LogP contribution < -0.4 is 9.46 Å². The molecule has 1 fully saturated rings. The number of nitrogens with zero attached hydrogens (tertiary/aromatic N) is 2. The number of aryl methyl sites for hydroxylation is 2. The summed E-state index contributed by atoms with van der Waals surface area (Å²) in [5, 5.41) is 13.7. The van der Waals surface area contributed by atoms with Gasteiger partial charge in [-0.05, 0) is 37.8 Å². The molecule has 0 amide bonds. The summed E-state index contributed by atoms with van der Waals surface area (Å²) in [6, 6.07) is 7.11. The Bertz CT molecular complexity index is 826. The largest absolute Gasteiger partial charge is 0.492 e. The molecule has 0 spiro atoms. The summed E-state index contributed by atoms with van der Waals surface area (Å²) in [6.45, 7) is 2.06. The molecular weight excluding hydrogens is 354 g/mol. The lowest BCUT2D eigenvalue weighted by Gasteiger charge is -2.37. The zero-order chi connectivity index (χ0) is 18.7. The molecule has 26 heavy (non-hydrogen) atoms. The van der Waals surface area contributed by atoms with Gasteiger partial charge in [0.15, 0.2) is 0 Å². The molecule has 1 saturated carbocycles. The van der Waals surface area contributed by atoms with Crippen LogP contribution in [0.5, 0.6) is 5.75 Å². The molecule has 1 aliphatic rings. The van der Waals surface area contributed by atoms with Crippen LogP contribution in [-0.4, -0.2) is 41.8 Å². The first-order chi connectivity index (χ1) is 12.3. The van der Waals surface area contributed by atoms with Gasteiger partial charge >= 0.3 is 0 Å². The molecule has 142 valence electrons. The van der Waals surface area contributed by atoms with Crippen molar-refractivity contribution in [2.24, 2.45) is 13.0 Å². The summed E-state index contributed by atoms with van der Waals surface area (Å²) < 4.78 is 35.0. The highest BCUT2D eigenvalue weighted by atomic mass is 32.2. The Kier molecular flexibility index (Phi) is 5.64. The van der Waals surface area contributed by atoms with Crippen LogP contribution in [0.25, 0.3) is 0 Å². The van der Waals surface area contributed by atoms with Gasteiger partial charge in [0.2, 0.25) is 10.0 Å². The minimum Gasteiger partial charge on any atom is -0.492 e. The SMILES string of the molecule is Cc1ccc(OCCS(=O)(=O)N[C@H](c2cnn(C)c2)C2CC(O)C2)cc1. The molecule has 7 nitrogen and oxygen atoms in total. The fourth-order valence-electron chi connectivity index (χ4n) is 3.10. The Morgan fingerprint density at radius 1 is 1.35 bits per heavy atom. The van der Waals surface area contributed by atoms with Crippen LogP contribution in [0.2, 0.25) is 0 Å². The second-order valence-corrected chi connectivity index (χ2v) is 8.78. The summed E-state index contributed by atoms with van der Waals surface area (Å²) >= 11 is 0. The van der Waals surface area contributed by atoms with Gasteiger partial charge in [0, 0.05) is 18.8 Å². The van der Waals surface area contributed by atoms with Gasteiger partial charge in [-0.2, -0.15) is 5.10 Å². The van der Waals surface area contributed by atoms with Crippen molar-refractivity contribution in [3.05, 3.63) is 47.8 Å². The number of ether oxygens (including phenoxy) is 1. The maximum atomic E-state index is 12.5. The normalized spacial score (nSPS) is 21.2. The van der Waals surface area contributed by atoms with Gasteiger partial charge in [-0.25, -0.2) is 13.1 Å². The van der Waals surface area contributed by atoms with Crippen LogP contribution in [-0.2, 0) is 17.1 Å². The average molecular weight is 379 g/mol. The molecular formula is C18H25N3O4S. The van der Waals surface area contributed by atoms with Gasteiger partial charge in [0.25, 0.3) is 0 Å². The monoisotopic (exact) mass is 379 g/mol. The van der Waals surface area contributed by atoms with Gasteiger partial charge in [-0.15, -0.1) is 0 Å². The third kappa shape index (κ3) is 4.84. The van der Waals surface area contributed by atoms with Gasteiger partial charge in [0.1, 0.15) is 12.4 Å². The quantitative estimate of drug-likeness (QED) is 0.726. The number of benzene rings is 1. The molecule has 1 aliphatic carbocycles. The standard InChI is InChI=1S/C18H25N3O4S/c1-13-3-5-17(6-4-13)25-7-8-26(23,24)20-18(14-9-16(22)10-14)15-11-19-21(2)12-15/h3-6,11-12,14,16,18,20,22H,7-10H2,1-2H3/t14?,16?,18-/m0/s1. The van der Waals surface area contributed by atoms with E-state index in [1.807, 2.05) is 31.2 Å². The number of rotatable bonds is 8. The first-order valence-electron chi connectivity index (χ1n) is 8.68. The summed E-state index contributed by atoms with van der Waals surface area (Å²) in [6.07, 6.45) is 4.29. The van der Waals surface area contributed by atoms with Crippen LogP contribution in [0.4, 0.5) is 0 Å². The van der Waals surface area contributed by atoms with Crippen molar-refractivity contribution in [2.75, 3.05) is 12.4 Å². The molecule has 0 saturated heterocycles. The molecule has 1 atom stereocenters. The van der Waals surface area contributed by atoms with Crippen LogP contribution in [0.3, 0.4) is 0 Å². The van der Waals surface area contributed by atoms with Crippen molar-refractivity contribution >= 4 is 10.0 Å². The van der Waals surface area contributed by atoms with E-state index in [0.29, 0.717) is 18.6 Å². The molecule has 1 heterocycles. The van der Waals surface area contributed by atoms with Crippen LogP contribution in [0.15, 0.2) is 36.7 Å². The molecule has 8 heteroatoms. The van der Waals surface area contributed by atoms with E-state index in [0.717, 1.165) is 11.1 Å². The number of nitrogens with one attached hydrogen (secondary N) is 1. The second-order valence-electron chi connectivity index (χ2n) is 6.91. The Morgan fingerprint density at radius 2 is 2.04 bits per heavy atom. The van der Waals surface area contributed by atoms with E-state index in [1.165, 1.54) is 0 Å².